The summed E-state index contributed by atoms with van der Waals surface area (Å²) in [5.41, 5.74) is 0.860. The van der Waals surface area contributed by atoms with Crippen molar-refractivity contribution in [3.63, 3.8) is 0 Å². The molecule has 0 atom stereocenters. The monoisotopic (exact) mass is 369 g/mol. The molecule has 3 rings (SSSR count). The molecule has 0 unspecified atom stereocenters. The van der Waals surface area contributed by atoms with E-state index in [1.165, 1.54) is 11.8 Å². The van der Waals surface area contributed by atoms with Crippen molar-refractivity contribution in [1.82, 2.24) is 0 Å². The molecule has 1 aromatic carbocycles. The number of anilines is 1. The predicted octanol–water partition coefficient (Wildman–Crippen LogP) is 3.97. The van der Waals surface area contributed by atoms with Crippen molar-refractivity contribution < 1.29 is 9.21 Å². The highest BCUT2D eigenvalue weighted by Crippen LogP contribution is 2.38. The van der Waals surface area contributed by atoms with Crippen LogP contribution in [-0.2, 0) is 4.79 Å². The van der Waals surface area contributed by atoms with E-state index in [2.05, 4.69) is 27.9 Å². The number of hydrogen-bond acceptors (Lipinski definition) is 3. The molecule has 1 aliphatic heterocycles. The average Bonchev–Trinajstić information content (AvgIpc) is 2.76. The van der Waals surface area contributed by atoms with Gasteiger partial charge in [0, 0.05) is 11.0 Å². The highest BCUT2D eigenvalue weighted by atomic mass is 127. The van der Waals surface area contributed by atoms with Crippen molar-refractivity contribution in [2.24, 2.45) is 0 Å². The normalized spacial score (nSPS) is 16.5. The number of furan rings is 1. The van der Waals surface area contributed by atoms with E-state index in [4.69, 9.17) is 4.42 Å². The van der Waals surface area contributed by atoms with Crippen molar-refractivity contribution in [3.05, 3.63) is 50.8 Å². The summed E-state index contributed by atoms with van der Waals surface area (Å²) in [6.07, 6.45) is 1.76. The largest absolute Gasteiger partial charge is 0.451 e. The van der Waals surface area contributed by atoms with Crippen LogP contribution in [0.15, 0.2) is 50.6 Å². The zero-order valence-electron chi connectivity index (χ0n) is 9.14. The van der Waals surface area contributed by atoms with Gasteiger partial charge in [-0.15, -0.1) is 0 Å². The summed E-state index contributed by atoms with van der Waals surface area (Å²) in [6, 6.07) is 11.5. The lowest BCUT2D eigenvalue weighted by Crippen LogP contribution is -2.16. The standard InChI is InChI=1S/C13H8INO2S/c14-12-6-5-8(17-12)7-11-13(16)15-9-3-1-2-4-10(9)18-11/h1-7H,(H,15,16)/b11-7-. The average molecular weight is 369 g/mol. The second-order valence-corrected chi connectivity index (χ2v) is 5.85. The van der Waals surface area contributed by atoms with Gasteiger partial charge in [0.2, 0.25) is 0 Å². The third-order valence-electron chi connectivity index (χ3n) is 2.45. The van der Waals surface area contributed by atoms with Crippen molar-refractivity contribution >= 4 is 52.0 Å². The molecule has 1 aliphatic rings. The lowest BCUT2D eigenvalue weighted by Gasteiger charge is -2.17. The fourth-order valence-electron chi connectivity index (χ4n) is 1.64. The Labute approximate surface area is 122 Å². The molecule has 2 aromatic rings. The number of benzene rings is 1. The van der Waals surface area contributed by atoms with Crippen LogP contribution in [0, 0.1) is 3.77 Å². The predicted molar refractivity (Wildman–Crippen MR) is 80.3 cm³/mol. The van der Waals surface area contributed by atoms with Crippen molar-refractivity contribution in [2.75, 3.05) is 5.32 Å². The second-order valence-electron chi connectivity index (χ2n) is 3.70. The number of para-hydroxylation sites is 1. The highest BCUT2D eigenvalue weighted by Gasteiger charge is 2.20. The van der Waals surface area contributed by atoms with Gasteiger partial charge in [-0.25, -0.2) is 0 Å². The van der Waals surface area contributed by atoms with Crippen LogP contribution in [0.1, 0.15) is 5.76 Å². The molecular weight excluding hydrogens is 361 g/mol. The van der Waals surface area contributed by atoms with Crippen LogP contribution in [0.25, 0.3) is 6.08 Å². The number of thioether (sulfide) groups is 1. The Hall–Kier alpha value is -1.21. The fourth-order valence-corrected chi connectivity index (χ4v) is 3.00. The lowest BCUT2D eigenvalue weighted by atomic mass is 10.3. The number of nitrogens with one attached hydrogen (secondary N) is 1. The molecule has 5 heteroatoms. The van der Waals surface area contributed by atoms with Gasteiger partial charge in [0.05, 0.1) is 10.6 Å². The second kappa shape index (κ2) is 4.81. The third-order valence-corrected chi connectivity index (χ3v) is 4.13. The molecule has 18 heavy (non-hydrogen) atoms. The van der Waals surface area contributed by atoms with Crippen LogP contribution < -0.4 is 5.32 Å². The SMILES string of the molecule is O=C1Nc2ccccc2S/C1=C\c1ccc(I)o1. The van der Waals surface area contributed by atoms with E-state index in [9.17, 15) is 4.79 Å². The number of fused-ring (bicyclic) bond motifs is 1. The number of halogens is 1. The van der Waals surface area contributed by atoms with Crippen LogP contribution in [0.3, 0.4) is 0 Å². The van der Waals surface area contributed by atoms with E-state index in [1.54, 1.807) is 6.08 Å². The minimum atomic E-state index is -0.0925. The Balaban J connectivity index is 1.96. The van der Waals surface area contributed by atoms with Crippen LogP contribution in [-0.4, -0.2) is 5.91 Å². The van der Waals surface area contributed by atoms with Crippen molar-refractivity contribution in [1.29, 1.82) is 0 Å². The molecule has 0 fully saturated rings. The Kier molecular flexibility index (Phi) is 3.17. The summed E-state index contributed by atoms with van der Waals surface area (Å²) in [4.78, 5) is 13.6. The Bertz CT molecular complexity index is 648. The molecule has 1 N–H and O–H groups in total. The summed E-state index contributed by atoms with van der Waals surface area (Å²) in [5, 5.41) is 2.87. The summed E-state index contributed by atoms with van der Waals surface area (Å²) < 4.78 is 6.25. The maximum Gasteiger partial charge on any atom is 0.262 e. The maximum atomic E-state index is 11.9. The van der Waals surface area contributed by atoms with Crippen LogP contribution in [0.5, 0.6) is 0 Å². The van der Waals surface area contributed by atoms with E-state index in [0.29, 0.717) is 10.7 Å². The molecule has 1 amide bonds. The molecule has 0 saturated carbocycles. The molecular formula is C13H8INO2S. The van der Waals surface area contributed by atoms with Gasteiger partial charge in [0.15, 0.2) is 3.77 Å². The summed E-state index contributed by atoms with van der Waals surface area (Å²) >= 11 is 3.55. The molecule has 0 spiro atoms. The van der Waals surface area contributed by atoms with Gasteiger partial charge in [0.25, 0.3) is 5.91 Å². The molecule has 0 bridgehead atoms. The topological polar surface area (TPSA) is 42.2 Å². The molecule has 2 heterocycles. The summed E-state index contributed by atoms with van der Waals surface area (Å²) in [7, 11) is 0. The van der Waals surface area contributed by atoms with Crippen molar-refractivity contribution in [2.45, 2.75) is 4.90 Å². The fraction of sp³-hybridized carbons (Fsp3) is 0. The van der Waals surface area contributed by atoms with Crippen LogP contribution >= 0.6 is 34.4 Å². The van der Waals surface area contributed by atoms with E-state index in [1.807, 2.05) is 36.4 Å². The number of carbonyl (C=O) groups excluding carboxylic acids is 1. The number of rotatable bonds is 1. The van der Waals surface area contributed by atoms with Crippen molar-refractivity contribution in [3.8, 4) is 0 Å². The zero-order valence-corrected chi connectivity index (χ0v) is 12.1. The van der Waals surface area contributed by atoms with Gasteiger partial charge in [-0.1, -0.05) is 23.9 Å². The molecule has 0 saturated heterocycles. The maximum absolute atomic E-state index is 11.9. The highest BCUT2D eigenvalue weighted by molar-refractivity contribution is 14.1. The molecule has 0 radical (unpaired) electrons. The quantitative estimate of drug-likeness (QED) is 0.611. The first-order valence-electron chi connectivity index (χ1n) is 5.27. The molecule has 1 aromatic heterocycles. The Morgan fingerprint density at radius 1 is 1.22 bits per heavy atom. The van der Waals surface area contributed by atoms with E-state index in [0.717, 1.165) is 14.3 Å². The van der Waals surface area contributed by atoms with Crippen LogP contribution in [0.2, 0.25) is 0 Å². The van der Waals surface area contributed by atoms with Gasteiger partial charge in [-0.05, 0) is 46.9 Å². The van der Waals surface area contributed by atoms with Gasteiger partial charge in [-0.3, -0.25) is 4.79 Å². The molecule has 90 valence electrons. The first kappa shape index (κ1) is 11.9. The summed E-state index contributed by atoms with van der Waals surface area (Å²) in [6.45, 7) is 0. The van der Waals surface area contributed by atoms with Gasteiger partial charge >= 0.3 is 0 Å². The first-order valence-corrected chi connectivity index (χ1v) is 7.17. The molecule has 3 nitrogen and oxygen atoms in total. The number of carbonyl (C=O) groups is 1. The van der Waals surface area contributed by atoms with Gasteiger partial charge < -0.3 is 9.73 Å². The third kappa shape index (κ3) is 2.32. The van der Waals surface area contributed by atoms with Gasteiger partial charge in [0.1, 0.15) is 5.76 Å². The Morgan fingerprint density at radius 2 is 2.06 bits per heavy atom. The summed E-state index contributed by atoms with van der Waals surface area (Å²) in [5.74, 6) is 0.599. The minimum absolute atomic E-state index is 0.0925. The van der Waals surface area contributed by atoms with Crippen LogP contribution in [0.4, 0.5) is 5.69 Å². The first-order chi connectivity index (χ1) is 8.72. The zero-order chi connectivity index (χ0) is 12.5. The van der Waals surface area contributed by atoms with E-state index in [-0.39, 0.29) is 5.91 Å². The minimum Gasteiger partial charge on any atom is -0.451 e. The molecule has 0 aliphatic carbocycles. The van der Waals surface area contributed by atoms with E-state index < -0.39 is 0 Å². The smallest absolute Gasteiger partial charge is 0.262 e. The van der Waals surface area contributed by atoms with E-state index >= 15 is 0 Å². The number of amides is 1. The lowest BCUT2D eigenvalue weighted by molar-refractivity contribution is -0.112. The van der Waals surface area contributed by atoms with Gasteiger partial charge in [-0.2, -0.15) is 0 Å². The Morgan fingerprint density at radius 3 is 2.83 bits per heavy atom. The number of hydrogen-bond donors (Lipinski definition) is 1.